The Morgan fingerprint density at radius 1 is 0.906 bits per heavy atom. The van der Waals surface area contributed by atoms with Gasteiger partial charge in [-0.25, -0.2) is 4.79 Å². The Hall–Kier alpha value is -3.54. The number of hydrogen-bond acceptors (Lipinski definition) is 3. The summed E-state index contributed by atoms with van der Waals surface area (Å²) in [6.45, 7) is 5.17. The maximum absolute atomic E-state index is 13.2. The van der Waals surface area contributed by atoms with Gasteiger partial charge < -0.3 is 19.5 Å². The van der Waals surface area contributed by atoms with Crippen LogP contribution in [0.5, 0.6) is 0 Å². The Labute approximate surface area is 189 Å². The second-order valence-electron chi connectivity index (χ2n) is 8.00. The van der Waals surface area contributed by atoms with Crippen molar-refractivity contribution in [2.24, 2.45) is 0 Å². The largest absolute Gasteiger partial charge is 0.467 e. The van der Waals surface area contributed by atoms with Crippen molar-refractivity contribution in [1.29, 1.82) is 0 Å². The van der Waals surface area contributed by atoms with Crippen molar-refractivity contribution in [3.05, 3.63) is 95.9 Å². The maximum Gasteiger partial charge on any atom is 0.318 e. The first-order valence-electron chi connectivity index (χ1n) is 11.0. The molecule has 0 spiro atoms. The van der Waals surface area contributed by atoms with Crippen LogP contribution in [0.4, 0.5) is 4.79 Å². The van der Waals surface area contributed by atoms with Crippen LogP contribution in [0.2, 0.25) is 0 Å². The van der Waals surface area contributed by atoms with Crippen LogP contribution < -0.4 is 5.32 Å². The highest BCUT2D eigenvalue weighted by molar-refractivity contribution is 5.84. The van der Waals surface area contributed by atoms with Gasteiger partial charge in [-0.15, -0.1) is 0 Å². The van der Waals surface area contributed by atoms with E-state index in [0.717, 1.165) is 23.3 Å². The molecule has 0 saturated carbocycles. The average Bonchev–Trinajstić information content (AvgIpc) is 3.33. The van der Waals surface area contributed by atoms with Gasteiger partial charge in [-0.1, -0.05) is 60.7 Å². The Kier molecular flexibility index (Phi) is 8.49. The molecule has 0 aliphatic rings. The molecule has 6 nitrogen and oxygen atoms in total. The number of rotatable bonds is 10. The monoisotopic (exact) mass is 433 g/mol. The van der Waals surface area contributed by atoms with Crippen molar-refractivity contribution < 1.29 is 14.0 Å². The number of furan rings is 1. The molecule has 3 amide bonds. The first-order valence-corrected chi connectivity index (χ1v) is 11.0. The molecule has 6 heteroatoms. The second kappa shape index (κ2) is 11.7. The first kappa shape index (κ1) is 23.1. The summed E-state index contributed by atoms with van der Waals surface area (Å²) >= 11 is 0. The average molecular weight is 434 g/mol. The lowest BCUT2D eigenvalue weighted by molar-refractivity contribution is -0.133. The van der Waals surface area contributed by atoms with Gasteiger partial charge in [0.1, 0.15) is 12.3 Å². The van der Waals surface area contributed by atoms with E-state index < -0.39 is 0 Å². The smallest absolute Gasteiger partial charge is 0.318 e. The molecule has 3 aromatic rings. The summed E-state index contributed by atoms with van der Waals surface area (Å²) < 4.78 is 5.47. The van der Waals surface area contributed by atoms with E-state index in [2.05, 4.69) is 5.32 Å². The van der Waals surface area contributed by atoms with Crippen LogP contribution in [-0.2, 0) is 24.3 Å². The van der Waals surface area contributed by atoms with Crippen molar-refractivity contribution in [2.45, 2.75) is 39.4 Å². The highest BCUT2D eigenvalue weighted by Gasteiger charge is 2.24. The fourth-order valence-electron chi connectivity index (χ4n) is 3.40. The Bertz CT molecular complexity index is 957. The van der Waals surface area contributed by atoms with E-state index in [0.29, 0.717) is 19.6 Å². The number of carbonyl (C=O) groups is 2. The molecule has 1 N–H and O–H groups in total. The predicted molar refractivity (Wildman–Crippen MR) is 125 cm³/mol. The number of carbonyl (C=O) groups excluding carboxylic acids is 2. The van der Waals surface area contributed by atoms with E-state index >= 15 is 0 Å². The lowest BCUT2D eigenvalue weighted by Gasteiger charge is -2.30. The van der Waals surface area contributed by atoms with Crippen molar-refractivity contribution in [1.82, 2.24) is 15.1 Å². The van der Waals surface area contributed by atoms with Crippen LogP contribution in [0.15, 0.2) is 83.5 Å². The van der Waals surface area contributed by atoms with Gasteiger partial charge in [-0.05, 0) is 43.5 Å². The minimum Gasteiger partial charge on any atom is -0.467 e. The van der Waals surface area contributed by atoms with Gasteiger partial charge in [0.25, 0.3) is 0 Å². The van der Waals surface area contributed by atoms with Gasteiger partial charge in [0, 0.05) is 19.1 Å². The third-order valence-corrected chi connectivity index (χ3v) is 5.27. The summed E-state index contributed by atoms with van der Waals surface area (Å²) in [7, 11) is 0. The molecule has 3 rings (SSSR count). The van der Waals surface area contributed by atoms with E-state index in [1.807, 2.05) is 86.6 Å². The van der Waals surface area contributed by atoms with Gasteiger partial charge >= 0.3 is 6.03 Å². The summed E-state index contributed by atoms with van der Waals surface area (Å²) in [6.07, 6.45) is 2.34. The van der Waals surface area contributed by atoms with Crippen molar-refractivity contribution in [3.63, 3.8) is 0 Å². The normalized spacial score (nSPS) is 10.7. The highest BCUT2D eigenvalue weighted by Crippen LogP contribution is 2.10. The van der Waals surface area contributed by atoms with Crippen LogP contribution in [0.1, 0.15) is 30.7 Å². The van der Waals surface area contributed by atoms with Gasteiger partial charge in [0.15, 0.2) is 0 Å². The van der Waals surface area contributed by atoms with Crippen LogP contribution in [-0.4, -0.2) is 40.9 Å². The quantitative estimate of drug-likeness (QED) is 0.513. The van der Waals surface area contributed by atoms with Crippen molar-refractivity contribution >= 4 is 11.9 Å². The summed E-state index contributed by atoms with van der Waals surface area (Å²) in [5, 5.41) is 2.93. The number of benzene rings is 2. The molecule has 0 atom stereocenters. The Balaban J connectivity index is 1.64. The van der Waals surface area contributed by atoms with Crippen LogP contribution in [0.3, 0.4) is 0 Å². The molecule has 1 aromatic heterocycles. The zero-order chi connectivity index (χ0) is 22.8. The summed E-state index contributed by atoms with van der Waals surface area (Å²) in [5.74, 6) is 0.608. The van der Waals surface area contributed by atoms with Gasteiger partial charge in [0.05, 0.1) is 12.8 Å². The van der Waals surface area contributed by atoms with Crippen molar-refractivity contribution in [3.8, 4) is 0 Å². The number of urea groups is 1. The zero-order valence-corrected chi connectivity index (χ0v) is 18.7. The Morgan fingerprint density at radius 3 is 2.16 bits per heavy atom. The van der Waals surface area contributed by atoms with E-state index in [9.17, 15) is 9.59 Å². The van der Waals surface area contributed by atoms with E-state index in [1.165, 1.54) is 0 Å². The number of nitrogens with one attached hydrogen (secondary N) is 1. The van der Waals surface area contributed by atoms with Crippen LogP contribution in [0.25, 0.3) is 0 Å². The molecule has 0 saturated heterocycles. The third-order valence-electron chi connectivity index (χ3n) is 5.27. The summed E-state index contributed by atoms with van der Waals surface area (Å²) in [4.78, 5) is 29.4. The molecule has 168 valence electrons. The van der Waals surface area contributed by atoms with Crippen molar-refractivity contribution in [2.75, 3.05) is 13.1 Å². The number of hydrogen-bond donors (Lipinski definition) is 1. The molecule has 2 aromatic carbocycles. The first-order chi connectivity index (χ1) is 15.5. The molecule has 0 aliphatic carbocycles. The topological polar surface area (TPSA) is 65.8 Å². The lowest BCUT2D eigenvalue weighted by Crippen LogP contribution is -2.49. The van der Waals surface area contributed by atoms with E-state index in [-0.39, 0.29) is 24.5 Å². The fraction of sp³-hybridized carbons (Fsp3) is 0.308. The SMILES string of the molecule is CC(C)N(CC(=O)N(CCc1ccccc1)Cc1ccco1)C(=O)NCc1ccccc1. The predicted octanol–water partition coefficient (Wildman–Crippen LogP) is 4.47. The lowest BCUT2D eigenvalue weighted by atomic mass is 10.1. The maximum atomic E-state index is 13.2. The molecule has 1 heterocycles. The molecule has 32 heavy (non-hydrogen) atoms. The molecule has 0 bridgehead atoms. The molecular formula is C26H31N3O3. The van der Waals surface area contributed by atoms with Gasteiger partial charge in [-0.2, -0.15) is 0 Å². The minimum absolute atomic E-state index is 0.00773. The molecule has 0 unspecified atom stereocenters. The third kappa shape index (κ3) is 7.01. The molecule has 0 fully saturated rings. The van der Waals surface area contributed by atoms with Gasteiger partial charge in [0.2, 0.25) is 5.91 Å². The second-order valence-corrected chi connectivity index (χ2v) is 8.00. The summed E-state index contributed by atoms with van der Waals surface area (Å²) in [5.41, 5.74) is 2.17. The zero-order valence-electron chi connectivity index (χ0n) is 18.7. The standard InChI is InChI=1S/C26H31N3O3/c1-21(2)29(26(31)27-18-23-12-7-4-8-13-23)20-25(30)28(19-24-14-9-17-32-24)16-15-22-10-5-3-6-11-22/h3-14,17,21H,15-16,18-20H2,1-2H3,(H,27,31). The minimum atomic E-state index is -0.252. The van der Waals surface area contributed by atoms with Gasteiger partial charge in [-0.3, -0.25) is 4.79 Å². The van der Waals surface area contributed by atoms with Crippen LogP contribution >= 0.6 is 0 Å². The summed E-state index contributed by atoms with van der Waals surface area (Å²) in [6, 6.07) is 23.1. The molecular weight excluding hydrogens is 402 g/mol. The van der Waals surface area contributed by atoms with E-state index in [1.54, 1.807) is 16.1 Å². The Morgan fingerprint density at radius 2 is 1.56 bits per heavy atom. The van der Waals surface area contributed by atoms with Crippen LogP contribution in [0, 0.1) is 0 Å². The number of amides is 3. The molecule has 0 aliphatic heterocycles. The highest BCUT2D eigenvalue weighted by atomic mass is 16.3. The fourth-order valence-corrected chi connectivity index (χ4v) is 3.40. The van der Waals surface area contributed by atoms with E-state index in [4.69, 9.17) is 4.42 Å². The number of nitrogens with zero attached hydrogens (tertiary/aromatic N) is 2. The molecule has 0 radical (unpaired) electrons.